The van der Waals surface area contributed by atoms with Crippen molar-refractivity contribution in [2.24, 2.45) is 0 Å². The number of nitrogens with one attached hydrogen (secondary N) is 1. The van der Waals surface area contributed by atoms with Gasteiger partial charge in [-0.1, -0.05) is 18.5 Å². The van der Waals surface area contributed by atoms with Gasteiger partial charge in [0, 0.05) is 16.3 Å². The zero-order chi connectivity index (χ0) is 16.8. The molecule has 0 radical (unpaired) electrons. The van der Waals surface area contributed by atoms with Crippen LogP contribution < -0.4 is 15.8 Å². The maximum absolute atomic E-state index is 12.4. The van der Waals surface area contributed by atoms with Crippen molar-refractivity contribution in [3.05, 3.63) is 47.5 Å². The summed E-state index contributed by atoms with van der Waals surface area (Å²) in [6, 6.07) is 12.7. The van der Waals surface area contributed by atoms with Gasteiger partial charge in [-0.05, 0) is 48.9 Å². The number of carbonyl (C=O) groups is 1. The van der Waals surface area contributed by atoms with Gasteiger partial charge >= 0.3 is 0 Å². The van der Waals surface area contributed by atoms with Crippen LogP contribution >= 0.6 is 23.4 Å². The van der Waals surface area contributed by atoms with E-state index in [1.165, 1.54) is 11.8 Å². The van der Waals surface area contributed by atoms with Gasteiger partial charge in [0.15, 0.2) is 0 Å². The van der Waals surface area contributed by atoms with E-state index in [-0.39, 0.29) is 11.2 Å². The number of benzene rings is 2. The second-order valence-corrected chi connectivity index (χ2v) is 6.61. The van der Waals surface area contributed by atoms with Crippen LogP contribution in [0.15, 0.2) is 47.4 Å². The minimum absolute atomic E-state index is 0.0597. The second kappa shape index (κ2) is 8.13. The molecule has 0 aliphatic carbocycles. The summed E-state index contributed by atoms with van der Waals surface area (Å²) in [5, 5.41) is 3.16. The van der Waals surface area contributed by atoms with Gasteiger partial charge in [0.05, 0.1) is 17.4 Å². The molecule has 0 saturated heterocycles. The van der Waals surface area contributed by atoms with Crippen LogP contribution in [0.25, 0.3) is 0 Å². The smallest absolute Gasteiger partial charge is 0.237 e. The largest absolute Gasteiger partial charge is 0.495 e. The quantitative estimate of drug-likeness (QED) is 0.597. The van der Waals surface area contributed by atoms with Crippen molar-refractivity contribution in [1.29, 1.82) is 0 Å². The molecule has 2 rings (SSSR count). The van der Waals surface area contributed by atoms with Crippen LogP contribution in [-0.4, -0.2) is 18.3 Å². The molecule has 0 bridgehead atoms. The number of rotatable bonds is 6. The van der Waals surface area contributed by atoms with Crippen molar-refractivity contribution in [2.45, 2.75) is 23.5 Å². The standard InChI is InChI=1S/C17H19ClN2O2S/c1-3-16(23-13-7-4-11(19)5-8-13)17(21)20-12-6-9-15(22-2)14(18)10-12/h4-10,16H,3,19H2,1-2H3,(H,20,21). The average Bonchev–Trinajstić information content (AvgIpc) is 2.54. The Morgan fingerprint density at radius 3 is 2.57 bits per heavy atom. The van der Waals surface area contributed by atoms with Crippen LogP contribution in [-0.2, 0) is 4.79 Å². The van der Waals surface area contributed by atoms with E-state index in [1.54, 1.807) is 25.3 Å². The van der Waals surface area contributed by atoms with Gasteiger partial charge in [-0.3, -0.25) is 4.79 Å². The topological polar surface area (TPSA) is 64.4 Å². The molecule has 2 aromatic carbocycles. The molecule has 1 amide bonds. The summed E-state index contributed by atoms with van der Waals surface area (Å²) < 4.78 is 5.10. The third-order valence-corrected chi connectivity index (χ3v) is 4.91. The fourth-order valence-electron chi connectivity index (χ4n) is 2.00. The summed E-state index contributed by atoms with van der Waals surface area (Å²) in [6.45, 7) is 1.98. The van der Waals surface area contributed by atoms with E-state index in [9.17, 15) is 4.79 Å². The summed E-state index contributed by atoms with van der Waals surface area (Å²) in [5.41, 5.74) is 7.04. The Kier molecular flexibility index (Phi) is 6.19. The average molecular weight is 351 g/mol. The Morgan fingerprint density at radius 2 is 2.00 bits per heavy atom. The molecule has 0 spiro atoms. The molecule has 1 unspecified atom stereocenters. The van der Waals surface area contributed by atoms with E-state index >= 15 is 0 Å². The lowest BCUT2D eigenvalue weighted by molar-refractivity contribution is -0.115. The number of amides is 1. The van der Waals surface area contributed by atoms with Crippen molar-refractivity contribution in [3.63, 3.8) is 0 Å². The molecule has 4 nitrogen and oxygen atoms in total. The van der Waals surface area contributed by atoms with E-state index in [0.717, 1.165) is 4.90 Å². The van der Waals surface area contributed by atoms with E-state index in [2.05, 4.69) is 5.32 Å². The van der Waals surface area contributed by atoms with Crippen LogP contribution in [0.4, 0.5) is 11.4 Å². The minimum Gasteiger partial charge on any atom is -0.495 e. The molecule has 2 aromatic rings. The third-order valence-electron chi connectivity index (χ3n) is 3.24. The SMILES string of the molecule is CCC(Sc1ccc(N)cc1)C(=O)Nc1ccc(OC)c(Cl)c1. The summed E-state index contributed by atoms with van der Waals surface area (Å²) in [7, 11) is 1.55. The molecule has 0 aliphatic rings. The summed E-state index contributed by atoms with van der Waals surface area (Å²) in [5.74, 6) is 0.517. The van der Waals surface area contributed by atoms with Gasteiger partial charge in [-0.15, -0.1) is 11.8 Å². The second-order valence-electron chi connectivity index (χ2n) is 4.92. The Labute approximate surface area is 145 Å². The van der Waals surface area contributed by atoms with Crippen LogP contribution in [0, 0.1) is 0 Å². The van der Waals surface area contributed by atoms with Crippen LogP contribution in [0.1, 0.15) is 13.3 Å². The van der Waals surface area contributed by atoms with E-state index in [1.807, 2.05) is 31.2 Å². The lowest BCUT2D eigenvalue weighted by Crippen LogP contribution is -2.24. The van der Waals surface area contributed by atoms with Gasteiger partial charge in [-0.2, -0.15) is 0 Å². The Hall–Kier alpha value is -1.85. The molecule has 3 N–H and O–H groups in total. The highest BCUT2D eigenvalue weighted by Gasteiger charge is 2.18. The van der Waals surface area contributed by atoms with Crippen molar-refractivity contribution in [1.82, 2.24) is 0 Å². The Bertz CT molecular complexity index is 677. The van der Waals surface area contributed by atoms with Crippen LogP contribution in [0.3, 0.4) is 0 Å². The molecule has 0 heterocycles. The highest BCUT2D eigenvalue weighted by Crippen LogP contribution is 2.29. The first-order valence-corrected chi connectivity index (χ1v) is 8.46. The molecule has 0 saturated carbocycles. The molecule has 23 heavy (non-hydrogen) atoms. The molecule has 0 aromatic heterocycles. The number of hydrogen-bond donors (Lipinski definition) is 2. The fraction of sp³-hybridized carbons (Fsp3) is 0.235. The number of nitrogens with two attached hydrogens (primary N) is 1. The highest BCUT2D eigenvalue weighted by atomic mass is 35.5. The monoisotopic (exact) mass is 350 g/mol. The van der Waals surface area contributed by atoms with Crippen molar-refractivity contribution in [2.75, 3.05) is 18.2 Å². The lowest BCUT2D eigenvalue weighted by atomic mass is 10.2. The number of carbonyl (C=O) groups excluding carboxylic acids is 1. The molecule has 6 heteroatoms. The molecular formula is C17H19ClN2O2S. The summed E-state index contributed by atoms with van der Waals surface area (Å²) >= 11 is 7.59. The van der Waals surface area contributed by atoms with Gasteiger partial charge < -0.3 is 15.8 Å². The zero-order valence-electron chi connectivity index (χ0n) is 13.0. The van der Waals surface area contributed by atoms with E-state index < -0.39 is 0 Å². The number of hydrogen-bond acceptors (Lipinski definition) is 4. The van der Waals surface area contributed by atoms with Crippen molar-refractivity contribution >= 4 is 40.6 Å². The maximum Gasteiger partial charge on any atom is 0.237 e. The van der Waals surface area contributed by atoms with Gasteiger partial charge in [-0.25, -0.2) is 0 Å². The first kappa shape index (κ1) is 17.5. The number of anilines is 2. The van der Waals surface area contributed by atoms with Gasteiger partial charge in [0.25, 0.3) is 0 Å². The first-order chi connectivity index (χ1) is 11.0. The molecular weight excluding hydrogens is 332 g/mol. The van der Waals surface area contributed by atoms with E-state index in [0.29, 0.717) is 28.6 Å². The third kappa shape index (κ3) is 4.81. The maximum atomic E-state index is 12.4. The minimum atomic E-state index is -0.195. The molecule has 122 valence electrons. The highest BCUT2D eigenvalue weighted by molar-refractivity contribution is 8.00. The number of ether oxygens (including phenoxy) is 1. The summed E-state index contributed by atoms with van der Waals surface area (Å²) in [4.78, 5) is 13.5. The first-order valence-electron chi connectivity index (χ1n) is 7.20. The number of methoxy groups -OCH3 is 1. The molecule has 0 fully saturated rings. The van der Waals surface area contributed by atoms with Gasteiger partial charge in [0.2, 0.25) is 5.91 Å². The Morgan fingerprint density at radius 1 is 1.30 bits per heavy atom. The lowest BCUT2D eigenvalue weighted by Gasteiger charge is -2.15. The van der Waals surface area contributed by atoms with Crippen LogP contribution in [0.5, 0.6) is 5.75 Å². The van der Waals surface area contributed by atoms with Gasteiger partial charge in [0.1, 0.15) is 5.75 Å². The number of halogens is 1. The van der Waals surface area contributed by atoms with Crippen molar-refractivity contribution in [3.8, 4) is 5.75 Å². The fourth-order valence-corrected chi connectivity index (χ4v) is 3.21. The van der Waals surface area contributed by atoms with Crippen molar-refractivity contribution < 1.29 is 9.53 Å². The van der Waals surface area contributed by atoms with Crippen LogP contribution in [0.2, 0.25) is 5.02 Å². The summed E-state index contributed by atoms with van der Waals surface area (Å²) in [6.07, 6.45) is 0.713. The number of nitrogen functional groups attached to an aromatic ring is 1. The zero-order valence-corrected chi connectivity index (χ0v) is 14.6. The predicted octanol–water partition coefficient (Wildman–Crippen LogP) is 4.44. The number of thioether (sulfide) groups is 1. The normalized spacial score (nSPS) is 11.8. The Balaban J connectivity index is 2.04. The molecule has 0 aliphatic heterocycles. The molecule has 1 atom stereocenters. The van der Waals surface area contributed by atoms with E-state index in [4.69, 9.17) is 22.1 Å². The predicted molar refractivity (Wildman–Crippen MR) is 97.4 cm³/mol.